The van der Waals surface area contributed by atoms with E-state index in [-0.39, 0.29) is 76.9 Å². The molecule has 98 heavy (non-hydrogen) atoms. The second kappa shape index (κ2) is 49.2. The highest BCUT2D eigenvalue weighted by atomic mass is 79.9. The molecule has 567 valence electrons. The number of aromatic nitrogens is 6. The summed E-state index contributed by atoms with van der Waals surface area (Å²) in [5.41, 5.74) is 25.1. The molecule has 0 aliphatic carbocycles. The van der Waals surface area contributed by atoms with Gasteiger partial charge in [0, 0.05) is 92.0 Å². The molecule has 3 aromatic rings. The highest BCUT2D eigenvalue weighted by Crippen LogP contribution is 2.22. The van der Waals surface area contributed by atoms with E-state index in [4.69, 9.17) is 41.6 Å². The number of hydrogen-bond acceptors (Lipinski definition) is 22. The minimum Gasteiger partial charge on any atom is -0.473 e. The molecular formula is C61H117BBr2Cl2N17O15. The summed E-state index contributed by atoms with van der Waals surface area (Å²) in [6.45, 7) is 34.8. The summed E-state index contributed by atoms with van der Waals surface area (Å²) in [4.78, 5) is 101. The second-order valence-corrected chi connectivity index (χ2v) is 27.1. The number of nitrogens with two attached hydrogens (primary N) is 3. The zero-order valence-electron chi connectivity index (χ0n) is 59.5. The third kappa shape index (κ3) is 38.2. The quantitative estimate of drug-likeness (QED) is 0.0131. The average Bonchev–Trinajstić information content (AvgIpc) is 1.68. The number of anilines is 3. The molecule has 4 amide bonds. The molecule has 8 heterocycles. The van der Waals surface area contributed by atoms with Gasteiger partial charge >= 0.3 is 30.3 Å². The molecule has 5 aliphatic rings. The highest BCUT2D eigenvalue weighted by molar-refractivity contribution is 9.09. The Labute approximate surface area is 610 Å². The van der Waals surface area contributed by atoms with Crippen molar-refractivity contribution in [3.8, 4) is 0 Å². The first-order valence-electron chi connectivity index (χ1n) is 31.9. The van der Waals surface area contributed by atoms with Crippen LogP contribution in [0.5, 0.6) is 0 Å². The van der Waals surface area contributed by atoms with Gasteiger partial charge in [-0.3, -0.25) is 44.7 Å². The Morgan fingerprint density at radius 1 is 0.551 bits per heavy atom. The third-order valence-corrected chi connectivity index (χ3v) is 13.9. The standard InChI is InChI=1S/C14H26N2O4.C10H20N2O4.C8H13N3O.C7H10N4O2.C7H11N3O.C6H11NO3.C4H8Br2.C4H10N2.CH4.B.2ClH.H2/c1-13(2,3)19-11(17)15-9-7-8-10-16(15)12(18)20-14(4,5)6;1-9(2,3)15-7(13)11-12-8(14)16-10(4,5)6;1-6-7(9)10-4-2-3-5-11(10)8(6)12;8-6-5(9-13)7(12)11-4-2-1-3-10(6)11;8-6-5-7(11)10-4-2-1-3-9(6)10;1-3-9-5(7)6(8)10-4-2;5-3-1-2-4-6;1-2-4-6-5-3-1;;;;;/h7-10H2,1-6H3;1-6H3,(H,11,13)(H,12,14);2-5,9H2,1H3;1-4,8H2;5H,1-4,8H2;7H,3-4H2,1-2H3;1-4H2;5-6H,1-4H2;1H4;;3*1H/i;;;;;;;;;;;;1+1. The van der Waals surface area contributed by atoms with Gasteiger partial charge in [-0.1, -0.05) is 39.3 Å². The van der Waals surface area contributed by atoms with Gasteiger partial charge in [-0.2, -0.15) is 0 Å². The Hall–Kier alpha value is -6.43. The van der Waals surface area contributed by atoms with Crippen molar-refractivity contribution in [3.63, 3.8) is 0 Å². The van der Waals surface area contributed by atoms with E-state index < -0.39 is 58.6 Å². The topological polar surface area (TPSA) is 407 Å². The van der Waals surface area contributed by atoms with Crippen LogP contribution < -0.4 is 55.6 Å². The number of carbonyl (C=O) groups excluding carboxylic acids is 5. The number of hydrazine groups is 3. The minimum atomic E-state index is -0.738. The first kappa shape index (κ1) is 98.0. The van der Waals surface area contributed by atoms with Crippen LogP contribution in [0.4, 0.5) is 42.3 Å². The molecule has 0 bridgehead atoms. The molecule has 0 aromatic carbocycles. The van der Waals surface area contributed by atoms with E-state index in [1.165, 1.54) is 46.4 Å². The van der Waals surface area contributed by atoms with Gasteiger partial charge in [0.2, 0.25) is 5.69 Å². The maximum absolute atomic E-state index is 12.1. The van der Waals surface area contributed by atoms with Crippen LogP contribution in [0.25, 0.3) is 0 Å². The van der Waals surface area contributed by atoms with Crippen molar-refractivity contribution >= 4 is 124 Å². The van der Waals surface area contributed by atoms with E-state index in [1.54, 1.807) is 118 Å². The summed E-state index contributed by atoms with van der Waals surface area (Å²) in [5, 5.41) is 14.5. The highest BCUT2D eigenvalue weighted by Gasteiger charge is 2.35. The Morgan fingerprint density at radius 2 is 0.898 bits per heavy atom. The van der Waals surface area contributed by atoms with Crippen molar-refractivity contribution in [2.45, 2.75) is 250 Å². The van der Waals surface area contributed by atoms with Gasteiger partial charge in [0.05, 0.1) is 18.8 Å². The lowest BCUT2D eigenvalue weighted by Gasteiger charge is -2.39. The fourth-order valence-electron chi connectivity index (χ4n) is 8.60. The molecule has 0 saturated carbocycles. The van der Waals surface area contributed by atoms with Crippen LogP contribution >= 0.6 is 56.7 Å². The first-order chi connectivity index (χ1) is 43.9. The van der Waals surface area contributed by atoms with Crippen LogP contribution in [0.3, 0.4) is 0 Å². The van der Waals surface area contributed by atoms with Gasteiger partial charge in [0.15, 0.2) is 5.82 Å². The SMILES string of the molecule is BrCCCCBr.C.C1CCNNC1.CC(C)(C)OC(=O)N1CCCCN1C(=O)OC(C)(C)C.CC(C)(C)OC(=O)NNC(=O)OC(C)(C)C.CCOC(=N)C(=O)OCC.Cc1c(N)n2n(c1=O)CCCC2.Cl.Cl.Nc1c(N=O)c(=O)n2n1CCCC2.Nc1cc(=O)n2n1CCCC2.[2HH].[B]. The normalized spacial score (nSPS) is 14.1. The van der Waals surface area contributed by atoms with Crippen molar-refractivity contribution in [1.29, 1.82) is 5.41 Å². The number of ether oxygens (including phenoxy) is 6. The number of fused-ring (bicyclic) bond motifs is 3. The summed E-state index contributed by atoms with van der Waals surface area (Å²) >= 11 is 6.66. The van der Waals surface area contributed by atoms with E-state index in [0.29, 0.717) is 50.0 Å². The third-order valence-electron chi connectivity index (χ3n) is 12.7. The summed E-state index contributed by atoms with van der Waals surface area (Å²) in [6, 6.07) is 1.49. The molecule has 3 aromatic heterocycles. The van der Waals surface area contributed by atoms with Crippen LogP contribution in [0, 0.1) is 17.2 Å². The molecule has 3 radical (unpaired) electrons. The molecular weight excluding hydrogens is 1450 g/mol. The lowest BCUT2D eigenvalue weighted by molar-refractivity contribution is -0.136. The number of nitrogen functional groups attached to an aromatic ring is 3. The zero-order valence-corrected chi connectivity index (χ0v) is 64.3. The molecule has 37 heteroatoms. The van der Waals surface area contributed by atoms with Gasteiger partial charge in [0.1, 0.15) is 34.0 Å². The monoisotopic (exact) mass is 1570 g/mol. The van der Waals surface area contributed by atoms with Crippen LogP contribution in [-0.4, -0.2) is 155 Å². The van der Waals surface area contributed by atoms with Gasteiger partial charge in [-0.15, -0.1) is 29.7 Å². The molecule has 32 nitrogen and oxygen atoms in total. The Morgan fingerprint density at radius 3 is 1.21 bits per heavy atom. The maximum Gasteiger partial charge on any atom is 0.429 e. The van der Waals surface area contributed by atoms with Crippen LogP contribution in [0.2, 0.25) is 0 Å². The van der Waals surface area contributed by atoms with E-state index in [0.717, 1.165) is 101 Å². The van der Waals surface area contributed by atoms with E-state index in [2.05, 4.69) is 68.2 Å². The molecule has 5 aliphatic heterocycles. The predicted octanol–water partition coefficient (Wildman–Crippen LogP) is 10.2. The molecule has 0 atom stereocenters. The number of esters is 1. The number of alkyl halides is 2. The van der Waals surface area contributed by atoms with Gasteiger partial charge in [-0.25, -0.2) is 58.9 Å². The van der Waals surface area contributed by atoms with Crippen LogP contribution in [-0.2, 0) is 72.5 Å². The fourth-order valence-corrected chi connectivity index (χ4v) is 9.40. The number of unbranched alkanes of at least 4 members (excludes halogenated alkanes) is 1. The molecule has 11 N–H and O–H groups in total. The number of amides is 4. The number of nitrogens with one attached hydrogen (secondary N) is 5. The van der Waals surface area contributed by atoms with Crippen LogP contribution in [0.1, 0.15) is 188 Å². The number of nitrogens with zero attached hydrogens (tertiary/aromatic N) is 9. The summed E-state index contributed by atoms with van der Waals surface area (Å²) in [5.74, 6) is 0.294. The van der Waals surface area contributed by atoms with Crippen molar-refractivity contribution in [2.75, 3.05) is 67.3 Å². The lowest BCUT2D eigenvalue weighted by atomic mass is 10.2. The number of rotatable bonds is 6. The molecule has 0 spiro atoms. The van der Waals surface area contributed by atoms with Crippen molar-refractivity contribution in [1.82, 2.24) is 59.8 Å². The predicted molar refractivity (Wildman–Crippen MR) is 398 cm³/mol. The summed E-state index contributed by atoms with van der Waals surface area (Å²) in [6.07, 6.45) is 10.8. The molecule has 8 rings (SSSR count). The fraction of sp³-hybridized carbons (Fsp3) is 0.754. The molecule has 2 fully saturated rings. The first-order valence-corrected chi connectivity index (χ1v) is 34.1. The Balaban J connectivity index is -0.000000345. The Bertz CT molecular complexity index is 2950. The van der Waals surface area contributed by atoms with Gasteiger partial charge in [-0.05, 0) is 186 Å². The smallest absolute Gasteiger partial charge is 0.429 e. The number of nitroso groups, excluding NO2 is 1. The van der Waals surface area contributed by atoms with E-state index in [9.17, 15) is 43.3 Å². The summed E-state index contributed by atoms with van der Waals surface area (Å²) in [7, 11) is 0. The van der Waals surface area contributed by atoms with Crippen LogP contribution in [0.15, 0.2) is 25.6 Å². The summed E-state index contributed by atoms with van der Waals surface area (Å²) < 4.78 is 39.8. The lowest BCUT2D eigenvalue weighted by Crippen LogP contribution is -2.55. The van der Waals surface area contributed by atoms with Crippen molar-refractivity contribution < 1.29 is 53.8 Å². The largest absolute Gasteiger partial charge is 0.473 e. The second-order valence-electron chi connectivity index (χ2n) is 25.5. The number of carbonyl (C=O) groups is 5. The maximum atomic E-state index is 12.1. The number of hydrogen-bond donors (Lipinski definition) is 8. The van der Waals surface area contributed by atoms with Crippen molar-refractivity contribution in [2.24, 2.45) is 5.18 Å². The van der Waals surface area contributed by atoms with E-state index in [1.807, 2.05) is 9.36 Å². The number of halogens is 4. The molecule has 0 unspecified atom stereocenters. The average molecular weight is 1570 g/mol. The zero-order chi connectivity index (χ0) is 71.6. The Kier molecular flexibility index (Phi) is 49.1. The minimum absolute atomic E-state index is 0. The van der Waals surface area contributed by atoms with Gasteiger partial charge < -0.3 is 45.6 Å². The van der Waals surface area contributed by atoms with E-state index >= 15 is 0 Å². The van der Waals surface area contributed by atoms with Crippen molar-refractivity contribution in [3.05, 3.63) is 47.6 Å². The molecule has 2 saturated heterocycles. The van der Waals surface area contributed by atoms with Gasteiger partial charge in [0.25, 0.3) is 22.6 Å².